The second kappa shape index (κ2) is 8.20. The summed E-state index contributed by atoms with van der Waals surface area (Å²) in [6.07, 6.45) is 7.52. The molecule has 0 saturated carbocycles. The Morgan fingerprint density at radius 3 is 3.04 bits per heavy atom. The SMILES string of the molecule is Cc1c(Cl)ccc2sc(N(CCCn3ccnc3)C(=O)C3=COCCO3)nc12. The van der Waals surface area contributed by atoms with Crippen molar-refractivity contribution in [3.8, 4) is 0 Å². The summed E-state index contributed by atoms with van der Waals surface area (Å²) in [6, 6.07) is 3.78. The number of benzene rings is 1. The van der Waals surface area contributed by atoms with Crippen molar-refractivity contribution in [3.05, 3.63) is 53.5 Å². The van der Waals surface area contributed by atoms with Gasteiger partial charge in [-0.15, -0.1) is 0 Å². The van der Waals surface area contributed by atoms with Crippen LogP contribution in [0.5, 0.6) is 0 Å². The minimum absolute atomic E-state index is 0.197. The van der Waals surface area contributed by atoms with Gasteiger partial charge in [0, 0.05) is 30.5 Å². The van der Waals surface area contributed by atoms with Gasteiger partial charge >= 0.3 is 0 Å². The van der Waals surface area contributed by atoms with E-state index in [4.69, 9.17) is 26.1 Å². The highest BCUT2D eigenvalue weighted by Crippen LogP contribution is 2.34. The first-order chi connectivity index (χ1) is 13.6. The zero-order chi connectivity index (χ0) is 19.5. The standard InChI is InChI=1S/C19H19ClN4O3S/c1-13-14(20)3-4-16-17(13)22-19(28-16)24(7-2-6-23-8-5-21-12-23)18(25)15-11-26-9-10-27-15/h3-5,8,11-12H,2,6-7,9-10H2,1H3. The van der Waals surface area contributed by atoms with Crippen LogP contribution in [0.1, 0.15) is 12.0 Å². The molecule has 0 spiro atoms. The summed E-state index contributed by atoms with van der Waals surface area (Å²) in [4.78, 5) is 23.5. The highest BCUT2D eigenvalue weighted by atomic mass is 35.5. The lowest BCUT2D eigenvalue weighted by Gasteiger charge is -2.23. The van der Waals surface area contributed by atoms with Crippen LogP contribution >= 0.6 is 22.9 Å². The largest absolute Gasteiger partial charge is 0.494 e. The zero-order valence-corrected chi connectivity index (χ0v) is 16.9. The fraction of sp³-hybridized carbons (Fsp3) is 0.316. The van der Waals surface area contributed by atoms with Crippen LogP contribution in [-0.2, 0) is 20.8 Å². The summed E-state index contributed by atoms with van der Waals surface area (Å²) in [5, 5.41) is 1.28. The summed E-state index contributed by atoms with van der Waals surface area (Å²) in [5.41, 5.74) is 1.72. The molecule has 0 radical (unpaired) electrons. The molecule has 7 nitrogen and oxygen atoms in total. The zero-order valence-electron chi connectivity index (χ0n) is 15.3. The fourth-order valence-corrected chi connectivity index (χ4v) is 4.13. The Balaban J connectivity index is 1.62. The lowest BCUT2D eigenvalue weighted by molar-refractivity contribution is -0.119. The number of aromatic nitrogens is 3. The molecule has 0 aliphatic carbocycles. The Morgan fingerprint density at radius 1 is 1.39 bits per heavy atom. The van der Waals surface area contributed by atoms with Crippen molar-refractivity contribution in [1.29, 1.82) is 0 Å². The Bertz CT molecular complexity index is 1020. The molecule has 0 fully saturated rings. The van der Waals surface area contributed by atoms with E-state index in [0.29, 0.717) is 29.9 Å². The highest BCUT2D eigenvalue weighted by Gasteiger charge is 2.26. The van der Waals surface area contributed by atoms with Gasteiger partial charge in [-0.1, -0.05) is 22.9 Å². The predicted octanol–water partition coefficient (Wildman–Crippen LogP) is 3.77. The third-order valence-electron chi connectivity index (χ3n) is 4.43. The average molecular weight is 419 g/mol. The van der Waals surface area contributed by atoms with Gasteiger partial charge in [-0.2, -0.15) is 0 Å². The van der Waals surface area contributed by atoms with Gasteiger partial charge in [0.25, 0.3) is 5.91 Å². The molecule has 1 amide bonds. The van der Waals surface area contributed by atoms with Crippen LogP contribution < -0.4 is 4.90 Å². The molecule has 3 heterocycles. The lowest BCUT2D eigenvalue weighted by Crippen LogP contribution is -2.35. The number of carbonyl (C=O) groups excluding carboxylic acids is 1. The van der Waals surface area contributed by atoms with Gasteiger partial charge in [0.05, 0.1) is 16.5 Å². The number of hydrogen-bond donors (Lipinski definition) is 0. The molecule has 0 N–H and O–H groups in total. The summed E-state index contributed by atoms with van der Waals surface area (Å²) in [6.45, 7) is 3.96. The third-order valence-corrected chi connectivity index (χ3v) is 5.88. The van der Waals surface area contributed by atoms with Gasteiger partial charge in [-0.25, -0.2) is 9.97 Å². The number of nitrogens with zero attached hydrogens (tertiary/aromatic N) is 4. The van der Waals surface area contributed by atoms with Crippen molar-refractivity contribution in [2.75, 3.05) is 24.7 Å². The first-order valence-corrected chi connectivity index (χ1v) is 10.1. The van der Waals surface area contributed by atoms with Crippen molar-refractivity contribution in [1.82, 2.24) is 14.5 Å². The number of carbonyl (C=O) groups is 1. The molecule has 0 saturated heterocycles. The summed E-state index contributed by atoms with van der Waals surface area (Å²) >= 11 is 7.69. The van der Waals surface area contributed by atoms with E-state index in [1.54, 1.807) is 17.4 Å². The number of fused-ring (bicyclic) bond motifs is 1. The van der Waals surface area contributed by atoms with Gasteiger partial charge in [-0.3, -0.25) is 9.69 Å². The summed E-state index contributed by atoms with van der Waals surface area (Å²) in [7, 11) is 0. The van der Waals surface area contributed by atoms with Crippen LogP contribution in [0.4, 0.5) is 5.13 Å². The lowest BCUT2D eigenvalue weighted by atomic mass is 10.2. The molecule has 146 valence electrons. The van der Waals surface area contributed by atoms with Gasteiger partial charge < -0.3 is 14.0 Å². The normalized spacial score (nSPS) is 13.7. The first kappa shape index (κ1) is 18.8. The Kier molecular flexibility index (Phi) is 5.50. The van der Waals surface area contributed by atoms with Gasteiger partial charge in [-0.05, 0) is 31.0 Å². The van der Waals surface area contributed by atoms with Gasteiger partial charge in [0.15, 0.2) is 5.13 Å². The molecule has 0 atom stereocenters. The highest BCUT2D eigenvalue weighted by molar-refractivity contribution is 7.22. The monoisotopic (exact) mass is 418 g/mol. The van der Waals surface area contributed by atoms with Crippen LogP contribution in [0.2, 0.25) is 5.02 Å². The Morgan fingerprint density at radius 2 is 2.29 bits per heavy atom. The number of anilines is 1. The van der Waals surface area contributed by atoms with Crippen LogP contribution in [0.25, 0.3) is 10.2 Å². The van der Waals surface area contributed by atoms with Crippen molar-refractivity contribution < 1.29 is 14.3 Å². The molecule has 28 heavy (non-hydrogen) atoms. The van der Waals surface area contributed by atoms with Gasteiger partial charge in [0.1, 0.15) is 19.5 Å². The Hall–Kier alpha value is -2.58. The quantitative estimate of drug-likeness (QED) is 0.609. The van der Waals surface area contributed by atoms with E-state index in [2.05, 4.69) is 4.98 Å². The molecule has 1 aliphatic heterocycles. The maximum atomic E-state index is 13.1. The molecule has 0 bridgehead atoms. The number of rotatable bonds is 6. The third kappa shape index (κ3) is 3.83. The van der Waals surface area contributed by atoms with Gasteiger partial charge in [0.2, 0.25) is 5.76 Å². The van der Waals surface area contributed by atoms with Crippen molar-refractivity contribution in [2.24, 2.45) is 0 Å². The molecule has 1 aliphatic rings. The minimum atomic E-state index is -0.256. The number of thiazole rings is 1. The molecule has 0 unspecified atom stereocenters. The maximum Gasteiger partial charge on any atom is 0.298 e. The van der Waals surface area contributed by atoms with E-state index < -0.39 is 0 Å². The molecular weight excluding hydrogens is 400 g/mol. The number of halogens is 1. The van der Waals surface area contributed by atoms with Crippen LogP contribution in [0.15, 0.2) is 42.9 Å². The number of ether oxygens (including phenoxy) is 2. The van der Waals surface area contributed by atoms with Crippen molar-refractivity contribution in [2.45, 2.75) is 19.9 Å². The minimum Gasteiger partial charge on any atom is -0.494 e. The average Bonchev–Trinajstić information content (AvgIpc) is 3.38. The topological polar surface area (TPSA) is 69.5 Å². The molecule has 4 rings (SSSR count). The Labute approximate surface area is 171 Å². The summed E-state index contributed by atoms with van der Waals surface area (Å²) < 4.78 is 13.7. The molecule has 3 aromatic rings. The molecule has 1 aromatic carbocycles. The maximum absolute atomic E-state index is 13.1. The van der Waals surface area contributed by atoms with Crippen LogP contribution in [0, 0.1) is 6.92 Å². The molecule has 2 aromatic heterocycles. The van der Waals surface area contributed by atoms with Crippen LogP contribution in [0.3, 0.4) is 0 Å². The van der Waals surface area contributed by atoms with E-state index in [-0.39, 0.29) is 11.7 Å². The second-order valence-corrected chi connectivity index (χ2v) is 7.74. The molecular formula is C19H19ClN4O3S. The molecule has 9 heteroatoms. The number of aryl methyl sites for hydroxylation is 2. The van der Waals surface area contributed by atoms with Crippen molar-refractivity contribution in [3.63, 3.8) is 0 Å². The van der Waals surface area contributed by atoms with Crippen LogP contribution in [-0.4, -0.2) is 40.2 Å². The van der Waals surface area contributed by atoms with E-state index in [9.17, 15) is 4.79 Å². The number of imidazole rings is 1. The number of amides is 1. The van der Waals surface area contributed by atoms with E-state index in [1.807, 2.05) is 29.8 Å². The van der Waals surface area contributed by atoms with Crippen molar-refractivity contribution >= 4 is 44.2 Å². The van der Waals surface area contributed by atoms with E-state index >= 15 is 0 Å². The fourth-order valence-electron chi connectivity index (χ4n) is 2.93. The first-order valence-electron chi connectivity index (χ1n) is 8.91. The second-order valence-electron chi connectivity index (χ2n) is 6.33. The van der Waals surface area contributed by atoms with E-state index in [1.165, 1.54) is 17.6 Å². The number of hydrogen-bond acceptors (Lipinski definition) is 6. The summed E-state index contributed by atoms with van der Waals surface area (Å²) in [5.74, 6) is -0.0592. The van der Waals surface area contributed by atoms with E-state index in [0.717, 1.165) is 28.7 Å². The predicted molar refractivity (Wildman–Crippen MR) is 109 cm³/mol. The smallest absolute Gasteiger partial charge is 0.298 e.